The number of hydrogen-bond donors (Lipinski definition) is 2. The number of para-hydroxylation sites is 2. The van der Waals surface area contributed by atoms with Crippen molar-refractivity contribution in [1.29, 1.82) is 0 Å². The predicted octanol–water partition coefficient (Wildman–Crippen LogP) is 4.29. The molecule has 0 spiro atoms. The van der Waals surface area contributed by atoms with Crippen molar-refractivity contribution in [2.24, 2.45) is 0 Å². The molecule has 0 aliphatic carbocycles. The highest BCUT2D eigenvalue weighted by atomic mass is 16.5. The standard InChI is InChI=1S/C27H25N7O3/c1-36-21-12-10-18(11-13-21)16-28-26-32-22-8-3-4-9-23(22)34(26)27-30-17-29-25(33-27)31-20-7-5-6-19(14-20)15-24(35)37-2/h3-14,17H,15-16H2,1-2H3,(H,28,32)(H,29,30,31,33). The maximum atomic E-state index is 11.6. The van der Waals surface area contributed by atoms with Gasteiger partial charge >= 0.3 is 5.97 Å². The van der Waals surface area contributed by atoms with E-state index in [1.807, 2.05) is 77.4 Å². The van der Waals surface area contributed by atoms with Gasteiger partial charge in [-0.15, -0.1) is 0 Å². The lowest BCUT2D eigenvalue weighted by Gasteiger charge is -2.11. The summed E-state index contributed by atoms with van der Waals surface area (Å²) >= 11 is 0. The van der Waals surface area contributed by atoms with Crippen molar-refractivity contribution in [1.82, 2.24) is 24.5 Å². The van der Waals surface area contributed by atoms with E-state index in [4.69, 9.17) is 14.5 Å². The number of benzene rings is 3. The normalized spacial score (nSPS) is 10.8. The number of nitrogens with one attached hydrogen (secondary N) is 2. The van der Waals surface area contributed by atoms with Crippen molar-refractivity contribution in [2.75, 3.05) is 24.9 Å². The molecule has 3 aromatic carbocycles. The minimum Gasteiger partial charge on any atom is -0.497 e. The smallest absolute Gasteiger partial charge is 0.309 e. The highest BCUT2D eigenvalue weighted by molar-refractivity contribution is 5.80. The van der Waals surface area contributed by atoms with Gasteiger partial charge in [0.2, 0.25) is 17.8 Å². The van der Waals surface area contributed by atoms with Crippen LogP contribution in [0, 0.1) is 0 Å². The van der Waals surface area contributed by atoms with Gasteiger partial charge in [-0.25, -0.2) is 19.5 Å². The van der Waals surface area contributed by atoms with Gasteiger partial charge in [0.25, 0.3) is 0 Å². The zero-order valence-electron chi connectivity index (χ0n) is 20.4. The first-order valence-corrected chi connectivity index (χ1v) is 11.6. The van der Waals surface area contributed by atoms with Gasteiger partial charge in [0.15, 0.2) is 0 Å². The molecule has 0 radical (unpaired) electrons. The average molecular weight is 496 g/mol. The van der Waals surface area contributed by atoms with Crippen molar-refractivity contribution in [3.63, 3.8) is 0 Å². The van der Waals surface area contributed by atoms with E-state index in [2.05, 4.69) is 25.6 Å². The molecular weight excluding hydrogens is 470 g/mol. The van der Waals surface area contributed by atoms with Gasteiger partial charge < -0.3 is 20.1 Å². The maximum Gasteiger partial charge on any atom is 0.309 e. The Balaban J connectivity index is 1.43. The van der Waals surface area contributed by atoms with E-state index in [1.165, 1.54) is 13.4 Å². The van der Waals surface area contributed by atoms with Crippen LogP contribution < -0.4 is 15.4 Å². The lowest BCUT2D eigenvalue weighted by Crippen LogP contribution is -2.10. The molecule has 5 rings (SSSR count). The third-order valence-electron chi connectivity index (χ3n) is 5.69. The van der Waals surface area contributed by atoms with Gasteiger partial charge in [-0.2, -0.15) is 4.98 Å². The molecule has 0 atom stereocenters. The van der Waals surface area contributed by atoms with E-state index in [1.54, 1.807) is 7.11 Å². The molecule has 2 heterocycles. The van der Waals surface area contributed by atoms with E-state index in [0.29, 0.717) is 24.4 Å². The molecule has 10 nitrogen and oxygen atoms in total. The highest BCUT2D eigenvalue weighted by Gasteiger charge is 2.15. The fourth-order valence-corrected chi connectivity index (χ4v) is 3.85. The summed E-state index contributed by atoms with van der Waals surface area (Å²) in [5.41, 5.74) is 4.30. The number of rotatable bonds is 9. The van der Waals surface area contributed by atoms with Gasteiger partial charge in [-0.1, -0.05) is 36.4 Å². The van der Waals surface area contributed by atoms with Crippen molar-refractivity contribution < 1.29 is 14.3 Å². The number of nitrogens with zero attached hydrogens (tertiary/aromatic N) is 5. The van der Waals surface area contributed by atoms with E-state index in [9.17, 15) is 4.79 Å². The fourth-order valence-electron chi connectivity index (χ4n) is 3.85. The molecule has 186 valence electrons. The Bertz CT molecular complexity index is 1530. The van der Waals surface area contributed by atoms with Crippen molar-refractivity contribution in [2.45, 2.75) is 13.0 Å². The van der Waals surface area contributed by atoms with Crippen molar-refractivity contribution >= 4 is 34.6 Å². The molecule has 0 saturated heterocycles. The van der Waals surface area contributed by atoms with Crippen LogP contribution in [-0.4, -0.2) is 44.7 Å². The summed E-state index contributed by atoms with van der Waals surface area (Å²) in [7, 11) is 3.02. The second-order valence-corrected chi connectivity index (χ2v) is 8.15. The average Bonchev–Trinajstić information content (AvgIpc) is 3.31. The van der Waals surface area contributed by atoms with Crippen LogP contribution in [0.3, 0.4) is 0 Å². The summed E-state index contributed by atoms with van der Waals surface area (Å²) in [6.45, 7) is 0.552. The minimum atomic E-state index is -0.304. The first kappa shape index (κ1) is 23.7. The molecule has 0 bridgehead atoms. The third-order valence-corrected chi connectivity index (χ3v) is 5.69. The van der Waals surface area contributed by atoms with Gasteiger partial charge in [0, 0.05) is 12.2 Å². The minimum absolute atomic E-state index is 0.179. The third kappa shape index (κ3) is 5.48. The predicted molar refractivity (Wildman–Crippen MR) is 140 cm³/mol. The largest absolute Gasteiger partial charge is 0.497 e. The molecule has 0 fully saturated rings. The lowest BCUT2D eigenvalue weighted by molar-refractivity contribution is -0.139. The van der Waals surface area contributed by atoms with E-state index in [0.717, 1.165) is 33.6 Å². The summed E-state index contributed by atoms with van der Waals surface area (Å²) in [4.78, 5) is 29.8. The van der Waals surface area contributed by atoms with Crippen LogP contribution in [0.2, 0.25) is 0 Å². The number of hydrogen-bond acceptors (Lipinski definition) is 9. The number of esters is 1. The fraction of sp³-hybridized carbons (Fsp3) is 0.148. The summed E-state index contributed by atoms with van der Waals surface area (Å²) in [5.74, 6) is 1.88. The summed E-state index contributed by atoms with van der Waals surface area (Å²) in [5, 5.41) is 6.60. The van der Waals surface area contributed by atoms with E-state index >= 15 is 0 Å². The molecule has 0 aliphatic rings. The quantitative estimate of drug-likeness (QED) is 0.289. The zero-order chi connectivity index (χ0) is 25.6. The number of anilines is 3. The van der Waals surface area contributed by atoms with Crippen LogP contribution in [0.5, 0.6) is 5.75 Å². The molecule has 10 heteroatoms. The number of imidazole rings is 1. The number of ether oxygens (including phenoxy) is 2. The zero-order valence-corrected chi connectivity index (χ0v) is 20.4. The SMILES string of the molecule is COC(=O)Cc1cccc(Nc2ncnc(-n3c(NCc4ccc(OC)cc4)nc4ccccc43)n2)c1. The Labute approximate surface area is 213 Å². The Morgan fingerprint density at radius 2 is 1.76 bits per heavy atom. The Kier molecular flexibility index (Phi) is 6.89. The molecule has 0 amide bonds. The monoisotopic (exact) mass is 495 g/mol. The van der Waals surface area contributed by atoms with Crippen LogP contribution in [-0.2, 0) is 22.5 Å². The van der Waals surface area contributed by atoms with Gasteiger partial charge in [-0.3, -0.25) is 4.79 Å². The number of carbonyl (C=O) groups excluding carboxylic acids is 1. The molecule has 37 heavy (non-hydrogen) atoms. The van der Waals surface area contributed by atoms with Crippen molar-refractivity contribution in [3.05, 3.63) is 90.3 Å². The lowest BCUT2D eigenvalue weighted by atomic mass is 10.1. The van der Waals surface area contributed by atoms with Crippen LogP contribution in [0.15, 0.2) is 79.1 Å². The van der Waals surface area contributed by atoms with Crippen LogP contribution in [0.4, 0.5) is 17.6 Å². The maximum absolute atomic E-state index is 11.6. The Morgan fingerprint density at radius 1 is 0.919 bits per heavy atom. The second-order valence-electron chi connectivity index (χ2n) is 8.15. The van der Waals surface area contributed by atoms with Gasteiger partial charge in [0.05, 0.1) is 31.7 Å². The topological polar surface area (TPSA) is 116 Å². The van der Waals surface area contributed by atoms with Crippen LogP contribution in [0.1, 0.15) is 11.1 Å². The number of methoxy groups -OCH3 is 2. The van der Waals surface area contributed by atoms with Crippen molar-refractivity contribution in [3.8, 4) is 11.7 Å². The summed E-state index contributed by atoms with van der Waals surface area (Å²) < 4.78 is 11.9. The first-order chi connectivity index (χ1) is 18.1. The molecule has 2 N–H and O–H groups in total. The van der Waals surface area contributed by atoms with Crippen LogP contribution >= 0.6 is 0 Å². The first-order valence-electron chi connectivity index (χ1n) is 11.6. The van der Waals surface area contributed by atoms with Gasteiger partial charge in [0.1, 0.15) is 12.1 Å². The van der Waals surface area contributed by atoms with E-state index in [-0.39, 0.29) is 12.4 Å². The summed E-state index contributed by atoms with van der Waals surface area (Å²) in [6, 6.07) is 23.1. The highest BCUT2D eigenvalue weighted by Crippen LogP contribution is 2.24. The molecule has 0 saturated carbocycles. The molecular formula is C27H25N7O3. The molecule has 0 unspecified atom stereocenters. The molecule has 0 aliphatic heterocycles. The molecule has 5 aromatic rings. The molecule has 2 aromatic heterocycles. The number of carbonyl (C=O) groups is 1. The number of fused-ring (bicyclic) bond motifs is 1. The Morgan fingerprint density at radius 3 is 2.57 bits per heavy atom. The Hall–Kier alpha value is -4.99. The van der Waals surface area contributed by atoms with E-state index < -0.39 is 0 Å². The number of aromatic nitrogens is 5. The second kappa shape index (κ2) is 10.7. The summed E-state index contributed by atoms with van der Waals surface area (Å²) in [6.07, 6.45) is 1.63. The van der Waals surface area contributed by atoms with Gasteiger partial charge in [-0.05, 0) is 47.5 Å². The van der Waals surface area contributed by atoms with Crippen LogP contribution in [0.25, 0.3) is 17.0 Å².